The van der Waals surface area contributed by atoms with Crippen molar-refractivity contribution in [3.63, 3.8) is 0 Å². The van der Waals surface area contributed by atoms with Crippen LogP contribution in [-0.4, -0.2) is 51.6 Å². The molecule has 0 saturated heterocycles. The minimum atomic E-state index is -2.52. The molecule has 1 unspecified atom stereocenters. The summed E-state index contributed by atoms with van der Waals surface area (Å²) < 4.78 is 6.32. The molecule has 2 rings (SSSR count). The zero-order chi connectivity index (χ0) is 20.5. The Morgan fingerprint density at radius 3 is 1.93 bits per heavy atom. The minimum absolute atomic E-state index is 0.306. The van der Waals surface area contributed by atoms with Crippen molar-refractivity contribution in [2.45, 2.75) is 40.2 Å². The second-order valence-electron chi connectivity index (χ2n) is 9.21. The summed E-state index contributed by atoms with van der Waals surface area (Å²) in [5, 5.41) is 12.2. The number of carboxylic acid groups (broad SMARTS) is 1. The molecule has 0 aliphatic carbocycles. The van der Waals surface area contributed by atoms with Crippen molar-refractivity contribution in [1.82, 2.24) is 0 Å². The molecule has 0 saturated carbocycles. The SMILES string of the molecule is C[C@@H](P(=NC(=O)O)(c1ccccc1)c1cccc[c]1[Sn]([CH3])([CH3])[CH3])[Sn]([CH3])([CH3])[CH3]. The summed E-state index contributed by atoms with van der Waals surface area (Å²) >= 11 is -5.02. The molecule has 0 bridgehead atoms. The van der Waals surface area contributed by atoms with Gasteiger partial charge in [-0.05, 0) is 0 Å². The van der Waals surface area contributed by atoms with E-state index in [0.29, 0.717) is 3.67 Å². The number of rotatable bonds is 5. The standard InChI is InChI=1S/C15H14NO2P.6CH3.2Sn/c1-2-19(16-15(17)18,13-9-5-3-6-10-13)14-11-7-4-8-12-14;;;;;;;;/h2-11H,1H3,(H,17,18);6*1H3;;. The number of carbonyl (C=O) groups is 1. The molecule has 1 amide bonds. The molecular weight excluding hydrogens is 567 g/mol. The normalized spacial score (nSPS) is 15.7. The van der Waals surface area contributed by atoms with Crippen LogP contribution in [0.15, 0.2) is 59.3 Å². The van der Waals surface area contributed by atoms with Gasteiger partial charge in [0.05, 0.1) is 0 Å². The summed E-state index contributed by atoms with van der Waals surface area (Å²) in [6.07, 6.45) is -1.03. The van der Waals surface area contributed by atoms with Crippen molar-refractivity contribution in [2.24, 2.45) is 4.74 Å². The van der Waals surface area contributed by atoms with E-state index >= 15 is 0 Å². The fraction of sp³-hybridized carbons (Fsp3) is 0.381. The van der Waals surface area contributed by atoms with Crippen LogP contribution in [0.2, 0.25) is 29.6 Å². The number of hydrogen-bond donors (Lipinski definition) is 1. The third kappa shape index (κ3) is 5.02. The molecule has 0 spiro atoms. The average Bonchev–Trinajstić information content (AvgIpc) is 2.58. The first-order valence-corrected chi connectivity index (χ1v) is 31.4. The molecule has 2 aromatic carbocycles. The van der Waals surface area contributed by atoms with Crippen molar-refractivity contribution in [1.29, 1.82) is 0 Å². The summed E-state index contributed by atoms with van der Waals surface area (Å²) in [5.74, 6) is 0. The topological polar surface area (TPSA) is 49.7 Å². The zero-order valence-electron chi connectivity index (χ0n) is 17.5. The van der Waals surface area contributed by atoms with Gasteiger partial charge in [-0.3, -0.25) is 0 Å². The molecule has 0 heterocycles. The van der Waals surface area contributed by atoms with Crippen molar-refractivity contribution in [2.75, 3.05) is 0 Å². The Morgan fingerprint density at radius 2 is 1.44 bits per heavy atom. The first kappa shape index (κ1) is 23.0. The molecule has 0 aromatic heterocycles. The number of nitrogens with zero attached hydrogens (tertiary/aromatic N) is 1. The van der Waals surface area contributed by atoms with E-state index in [1.165, 1.54) is 8.88 Å². The Hall–Kier alpha value is -0.263. The predicted octanol–water partition coefficient (Wildman–Crippen LogP) is 5.33. The van der Waals surface area contributed by atoms with Gasteiger partial charge in [0.1, 0.15) is 0 Å². The molecule has 0 aliphatic heterocycles. The third-order valence-electron chi connectivity index (χ3n) is 5.29. The van der Waals surface area contributed by atoms with Gasteiger partial charge in [-0.2, -0.15) is 0 Å². The van der Waals surface area contributed by atoms with Gasteiger partial charge < -0.3 is 0 Å². The Morgan fingerprint density at radius 1 is 0.926 bits per heavy atom. The molecule has 146 valence electrons. The van der Waals surface area contributed by atoms with Crippen LogP contribution in [0.3, 0.4) is 0 Å². The van der Waals surface area contributed by atoms with Crippen LogP contribution < -0.4 is 14.2 Å². The van der Waals surface area contributed by atoms with Gasteiger partial charge in [-0.15, -0.1) is 0 Å². The van der Waals surface area contributed by atoms with E-state index in [4.69, 9.17) is 0 Å². The van der Waals surface area contributed by atoms with E-state index in [9.17, 15) is 9.90 Å². The van der Waals surface area contributed by atoms with E-state index in [0.717, 1.165) is 5.30 Å². The molecule has 1 N–H and O–H groups in total. The molecule has 0 aliphatic rings. The van der Waals surface area contributed by atoms with E-state index in [1.54, 1.807) is 0 Å². The van der Waals surface area contributed by atoms with Gasteiger partial charge in [0.2, 0.25) is 0 Å². The molecule has 2 atom stereocenters. The van der Waals surface area contributed by atoms with Crippen molar-refractivity contribution >= 4 is 64.1 Å². The van der Waals surface area contributed by atoms with Crippen LogP contribution in [-0.2, 0) is 0 Å². The summed E-state index contributed by atoms with van der Waals surface area (Å²) in [6.45, 7) is 2.28. The molecule has 0 fully saturated rings. The average molecular weight is 599 g/mol. The van der Waals surface area contributed by atoms with Gasteiger partial charge in [-0.1, -0.05) is 0 Å². The van der Waals surface area contributed by atoms with Crippen LogP contribution in [0, 0.1) is 0 Å². The van der Waals surface area contributed by atoms with Gasteiger partial charge >= 0.3 is 174 Å². The fourth-order valence-electron chi connectivity index (χ4n) is 3.53. The zero-order valence-corrected chi connectivity index (χ0v) is 24.1. The fourth-order valence-corrected chi connectivity index (χ4v) is 28.2. The first-order valence-electron chi connectivity index (χ1n) is 9.41. The molecular formula is C21H32NO2PSn2. The molecule has 2 aromatic rings. The monoisotopic (exact) mass is 601 g/mol. The maximum atomic E-state index is 12.1. The molecule has 0 radical (unpaired) electrons. The Bertz CT molecular complexity index is 868. The van der Waals surface area contributed by atoms with Crippen LogP contribution in [0.1, 0.15) is 6.92 Å². The van der Waals surface area contributed by atoms with Crippen molar-refractivity contribution < 1.29 is 9.90 Å². The number of hydrogen-bond acceptors (Lipinski definition) is 1. The maximum absolute atomic E-state index is 12.1. The van der Waals surface area contributed by atoms with E-state index in [-0.39, 0.29) is 0 Å². The second kappa shape index (κ2) is 8.62. The van der Waals surface area contributed by atoms with E-state index in [2.05, 4.69) is 77.7 Å². The summed E-state index contributed by atoms with van der Waals surface area (Å²) in [4.78, 5) is 26.5. The van der Waals surface area contributed by atoms with E-state index < -0.39 is 49.9 Å². The van der Waals surface area contributed by atoms with Gasteiger partial charge in [0, 0.05) is 0 Å². The molecule has 6 heteroatoms. The summed E-state index contributed by atoms with van der Waals surface area (Å²) in [5.41, 5.74) is 0. The van der Waals surface area contributed by atoms with Crippen LogP contribution in [0.5, 0.6) is 0 Å². The van der Waals surface area contributed by atoms with Crippen molar-refractivity contribution in [3.8, 4) is 0 Å². The Kier molecular flexibility index (Phi) is 7.35. The summed E-state index contributed by atoms with van der Waals surface area (Å²) in [6, 6.07) is 18.8. The summed E-state index contributed by atoms with van der Waals surface area (Å²) in [7, 11) is -2.43. The molecule has 3 nitrogen and oxygen atoms in total. The van der Waals surface area contributed by atoms with Crippen LogP contribution in [0.25, 0.3) is 0 Å². The van der Waals surface area contributed by atoms with Gasteiger partial charge in [0.15, 0.2) is 0 Å². The van der Waals surface area contributed by atoms with Crippen LogP contribution in [0.4, 0.5) is 4.79 Å². The molecule has 27 heavy (non-hydrogen) atoms. The first-order chi connectivity index (χ1) is 12.4. The van der Waals surface area contributed by atoms with E-state index in [1.807, 2.05) is 18.2 Å². The third-order valence-corrected chi connectivity index (χ3v) is 31.1. The van der Waals surface area contributed by atoms with Gasteiger partial charge in [-0.25, -0.2) is 0 Å². The van der Waals surface area contributed by atoms with Crippen LogP contribution >= 0.6 is 7.05 Å². The van der Waals surface area contributed by atoms with Gasteiger partial charge in [0.25, 0.3) is 0 Å². The van der Waals surface area contributed by atoms with Crippen molar-refractivity contribution in [3.05, 3.63) is 54.6 Å². The second-order valence-corrected chi connectivity index (χ2v) is 44.3. The number of benzene rings is 2. The predicted molar refractivity (Wildman–Crippen MR) is 125 cm³/mol. The Labute approximate surface area is 172 Å². The Balaban J connectivity index is 3.06. The number of amides is 1. The quantitative estimate of drug-likeness (QED) is 0.374.